The van der Waals surface area contributed by atoms with Crippen LogP contribution >= 0.6 is 0 Å². The number of nitrogens with zero attached hydrogens (tertiary/aromatic N) is 2. The molecule has 94 valence electrons. The summed E-state index contributed by atoms with van der Waals surface area (Å²) < 4.78 is 0. The Balaban J connectivity index is 2.78. The summed E-state index contributed by atoms with van der Waals surface area (Å²) in [5, 5.41) is 18.9. The van der Waals surface area contributed by atoms with Gasteiger partial charge in [0, 0.05) is 20.1 Å². The monoisotopic (exact) mass is 238 g/mol. The zero-order valence-electron chi connectivity index (χ0n) is 10.3. The van der Waals surface area contributed by atoms with Crippen molar-refractivity contribution < 1.29 is 15.0 Å². The average molecular weight is 238 g/mol. The van der Waals surface area contributed by atoms with Gasteiger partial charge < -0.3 is 20.0 Å². The maximum absolute atomic E-state index is 12.0. The molecule has 0 radical (unpaired) electrons. The van der Waals surface area contributed by atoms with E-state index < -0.39 is 0 Å². The first-order valence-electron chi connectivity index (χ1n) is 5.34. The highest BCUT2D eigenvalue weighted by Crippen LogP contribution is 2.28. The van der Waals surface area contributed by atoms with Crippen LogP contribution in [0.3, 0.4) is 0 Å². The van der Waals surface area contributed by atoms with Crippen molar-refractivity contribution in [2.24, 2.45) is 0 Å². The Morgan fingerprint density at radius 2 is 1.82 bits per heavy atom. The first kappa shape index (κ1) is 13.3. The summed E-state index contributed by atoms with van der Waals surface area (Å²) in [6.45, 7) is 1.29. The summed E-state index contributed by atoms with van der Waals surface area (Å²) in [4.78, 5) is 15.4. The molecular weight excluding hydrogens is 220 g/mol. The summed E-state index contributed by atoms with van der Waals surface area (Å²) in [6.07, 6.45) is 0. The fourth-order valence-corrected chi connectivity index (χ4v) is 1.36. The lowest BCUT2D eigenvalue weighted by atomic mass is 10.1. The summed E-state index contributed by atoms with van der Waals surface area (Å²) in [7, 11) is 5.50. The first-order chi connectivity index (χ1) is 7.93. The highest BCUT2D eigenvalue weighted by Gasteiger charge is 2.17. The van der Waals surface area contributed by atoms with Gasteiger partial charge in [0.25, 0.3) is 5.91 Å². The Kier molecular flexibility index (Phi) is 4.34. The van der Waals surface area contributed by atoms with Crippen molar-refractivity contribution in [1.29, 1.82) is 0 Å². The quantitative estimate of drug-likeness (QED) is 0.759. The van der Waals surface area contributed by atoms with Crippen LogP contribution in [0.4, 0.5) is 0 Å². The van der Waals surface area contributed by atoms with Crippen molar-refractivity contribution in [2.45, 2.75) is 0 Å². The topological polar surface area (TPSA) is 64.0 Å². The van der Waals surface area contributed by atoms with E-state index in [1.807, 2.05) is 19.0 Å². The molecule has 1 aromatic rings. The second-order valence-electron chi connectivity index (χ2n) is 4.20. The molecule has 0 fully saturated rings. The number of aromatic hydroxyl groups is 2. The summed E-state index contributed by atoms with van der Waals surface area (Å²) in [5.41, 5.74) is 0.117. The normalized spacial score (nSPS) is 10.6. The number of likely N-dealkylation sites (N-methyl/N-ethyl adjacent to an activating group) is 2. The minimum absolute atomic E-state index is 0.117. The van der Waals surface area contributed by atoms with Crippen LogP contribution in [0.15, 0.2) is 18.2 Å². The number of carbonyl (C=O) groups is 1. The number of benzene rings is 1. The molecule has 0 heterocycles. The van der Waals surface area contributed by atoms with Gasteiger partial charge in [-0.25, -0.2) is 0 Å². The summed E-state index contributed by atoms with van der Waals surface area (Å²) >= 11 is 0. The van der Waals surface area contributed by atoms with Crippen molar-refractivity contribution in [2.75, 3.05) is 34.2 Å². The standard InChI is InChI=1S/C12H18N2O3/c1-13(2)7-8-14(3)12(17)9-5-4-6-10(15)11(9)16/h4-6,15-16H,7-8H2,1-3H3. The molecule has 1 amide bonds. The minimum atomic E-state index is -0.366. The van der Waals surface area contributed by atoms with E-state index in [-0.39, 0.29) is 23.0 Å². The van der Waals surface area contributed by atoms with Crippen molar-refractivity contribution in [1.82, 2.24) is 9.80 Å². The van der Waals surface area contributed by atoms with Crippen LogP contribution in [0, 0.1) is 0 Å². The smallest absolute Gasteiger partial charge is 0.257 e. The van der Waals surface area contributed by atoms with Crippen LogP contribution in [0.1, 0.15) is 10.4 Å². The second kappa shape index (κ2) is 5.54. The Labute approximate surface area is 101 Å². The van der Waals surface area contributed by atoms with Crippen molar-refractivity contribution in [3.05, 3.63) is 23.8 Å². The predicted octanol–water partition coefficient (Wildman–Crippen LogP) is 0.731. The van der Waals surface area contributed by atoms with Gasteiger partial charge in [0.15, 0.2) is 11.5 Å². The van der Waals surface area contributed by atoms with Crippen LogP contribution in [-0.2, 0) is 0 Å². The Morgan fingerprint density at radius 1 is 1.18 bits per heavy atom. The molecule has 0 aromatic heterocycles. The molecule has 0 saturated heterocycles. The van der Waals surface area contributed by atoms with Gasteiger partial charge >= 0.3 is 0 Å². The zero-order valence-corrected chi connectivity index (χ0v) is 10.3. The molecule has 0 saturated carbocycles. The van der Waals surface area contributed by atoms with E-state index in [0.717, 1.165) is 6.54 Å². The molecule has 0 atom stereocenters. The number of amides is 1. The third kappa shape index (κ3) is 3.35. The van der Waals surface area contributed by atoms with Crippen molar-refractivity contribution in [3.63, 3.8) is 0 Å². The predicted molar refractivity (Wildman–Crippen MR) is 65.3 cm³/mol. The van der Waals surface area contributed by atoms with Crippen LogP contribution < -0.4 is 0 Å². The molecule has 0 aliphatic heterocycles. The maximum Gasteiger partial charge on any atom is 0.257 e. The molecule has 0 aliphatic rings. The van der Waals surface area contributed by atoms with Crippen LogP contribution in [0.2, 0.25) is 0 Å². The molecule has 0 unspecified atom stereocenters. The Morgan fingerprint density at radius 3 is 2.41 bits per heavy atom. The van der Waals surface area contributed by atoms with Crippen LogP contribution in [0.5, 0.6) is 11.5 Å². The molecule has 1 aromatic carbocycles. The molecule has 0 spiro atoms. The van der Waals surface area contributed by atoms with Crippen molar-refractivity contribution in [3.8, 4) is 11.5 Å². The Hall–Kier alpha value is -1.75. The van der Waals surface area contributed by atoms with Gasteiger partial charge in [0.05, 0.1) is 5.56 Å². The molecule has 5 nitrogen and oxygen atoms in total. The van der Waals surface area contributed by atoms with Crippen molar-refractivity contribution >= 4 is 5.91 Å². The SMILES string of the molecule is CN(C)CCN(C)C(=O)c1cccc(O)c1O. The third-order valence-electron chi connectivity index (χ3n) is 2.47. The van der Waals surface area contributed by atoms with Crippen LogP contribution in [0.25, 0.3) is 0 Å². The third-order valence-corrected chi connectivity index (χ3v) is 2.47. The van der Waals surface area contributed by atoms with Gasteiger partial charge in [-0.1, -0.05) is 6.07 Å². The van der Waals surface area contributed by atoms with E-state index in [2.05, 4.69) is 0 Å². The van der Waals surface area contributed by atoms with Gasteiger partial charge in [-0.05, 0) is 26.2 Å². The zero-order chi connectivity index (χ0) is 13.0. The first-order valence-corrected chi connectivity index (χ1v) is 5.34. The number of rotatable bonds is 4. The number of phenols is 2. The number of phenolic OH excluding ortho intramolecular Hbond substituents is 2. The van der Waals surface area contributed by atoms with Gasteiger partial charge in [0.1, 0.15) is 0 Å². The van der Waals surface area contributed by atoms with Gasteiger partial charge in [-0.2, -0.15) is 0 Å². The van der Waals surface area contributed by atoms with E-state index >= 15 is 0 Å². The summed E-state index contributed by atoms with van der Waals surface area (Å²) in [5.74, 6) is -0.952. The van der Waals surface area contributed by atoms with E-state index in [1.54, 1.807) is 7.05 Å². The largest absolute Gasteiger partial charge is 0.504 e. The highest BCUT2D eigenvalue weighted by atomic mass is 16.3. The average Bonchev–Trinajstić information content (AvgIpc) is 2.28. The van der Waals surface area contributed by atoms with E-state index in [9.17, 15) is 15.0 Å². The van der Waals surface area contributed by atoms with E-state index in [4.69, 9.17) is 0 Å². The molecule has 2 N–H and O–H groups in total. The molecule has 5 heteroatoms. The fourth-order valence-electron chi connectivity index (χ4n) is 1.36. The lowest BCUT2D eigenvalue weighted by Gasteiger charge is -2.20. The number of para-hydroxylation sites is 1. The fraction of sp³-hybridized carbons (Fsp3) is 0.417. The molecule has 0 bridgehead atoms. The number of hydrogen-bond donors (Lipinski definition) is 2. The van der Waals surface area contributed by atoms with Gasteiger partial charge in [0.2, 0.25) is 0 Å². The van der Waals surface area contributed by atoms with Gasteiger partial charge in [-0.15, -0.1) is 0 Å². The number of hydrogen-bond acceptors (Lipinski definition) is 4. The number of carbonyl (C=O) groups excluding carboxylic acids is 1. The molecule has 17 heavy (non-hydrogen) atoms. The van der Waals surface area contributed by atoms with Gasteiger partial charge in [-0.3, -0.25) is 4.79 Å². The lowest BCUT2D eigenvalue weighted by Crippen LogP contribution is -2.33. The lowest BCUT2D eigenvalue weighted by molar-refractivity contribution is 0.0782. The molecule has 1 rings (SSSR count). The van der Waals surface area contributed by atoms with E-state index in [1.165, 1.54) is 23.1 Å². The Bertz CT molecular complexity index is 405. The second-order valence-corrected chi connectivity index (χ2v) is 4.20. The highest BCUT2D eigenvalue weighted by molar-refractivity contribution is 5.97. The van der Waals surface area contributed by atoms with Crippen LogP contribution in [-0.4, -0.2) is 60.2 Å². The maximum atomic E-state index is 12.0. The van der Waals surface area contributed by atoms with E-state index in [0.29, 0.717) is 6.54 Å². The molecular formula is C12H18N2O3. The minimum Gasteiger partial charge on any atom is -0.504 e. The summed E-state index contributed by atoms with van der Waals surface area (Å²) in [6, 6.07) is 4.36. The molecule has 0 aliphatic carbocycles.